The van der Waals surface area contributed by atoms with Gasteiger partial charge in [0.25, 0.3) is 0 Å². The molecule has 0 radical (unpaired) electrons. The number of hydrogen-bond donors (Lipinski definition) is 1. The van der Waals surface area contributed by atoms with Crippen molar-refractivity contribution in [2.45, 2.75) is 84.0 Å². The maximum atomic E-state index is 10.3. The summed E-state index contributed by atoms with van der Waals surface area (Å²) < 4.78 is 0. The standard InChI is InChI=1S/C18H32O2/c1-2-3-4-5-6-7-8-9-10-11-12-13-14-15-16-17-18(19)20/h9-12H,2-8,13-17H2,1H3,(H,19,20)/b10-9-,12-11-. The molecular weight excluding hydrogens is 248 g/mol. The third-order valence-corrected chi connectivity index (χ3v) is 3.37. The van der Waals surface area contributed by atoms with Gasteiger partial charge < -0.3 is 5.11 Å². The second-order valence-corrected chi connectivity index (χ2v) is 5.41. The van der Waals surface area contributed by atoms with Gasteiger partial charge in [-0.2, -0.15) is 0 Å². The quantitative estimate of drug-likeness (QED) is 0.318. The van der Waals surface area contributed by atoms with E-state index in [0.29, 0.717) is 6.42 Å². The first-order valence-corrected chi connectivity index (χ1v) is 8.30. The number of carboxylic acid groups (broad SMARTS) is 1. The zero-order chi connectivity index (χ0) is 14.9. The van der Waals surface area contributed by atoms with E-state index in [9.17, 15) is 4.79 Å². The van der Waals surface area contributed by atoms with Gasteiger partial charge in [-0.3, -0.25) is 4.79 Å². The lowest BCUT2D eigenvalue weighted by molar-refractivity contribution is -0.137. The Balaban J connectivity index is 3.21. The maximum absolute atomic E-state index is 10.3. The summed E-state index contributed by atoms with van der Waals surface area (Å²) in [5, 5.41) is 8.49. The Bertz CT molecular complexity index is 267. The van der Waals surface area contributed by atoms with Gasteiger partial charge in [-0.15, -0.1) is 0 Å². The minimum absolute atomic E-state index is 0.307. The molecule has 0 aromatic rings. The normalized spacial score (nSPS) is 11.7. The van der Waals surface area contributed by atoms with E-state index in [1.54, 1.807) is 0 Å². The predicted octanol–water partition coefficient (Wildman–Crippen LogP) is 5.88. The number of carboxylic acids is 1. The Morgan fingerprint density at radius 2 is 1.30 bits per heavy atom. The minimum atomic E-state index is -0.682. The van der Waals surface area contributed by atoms with Gasteiger partial charge in [0, 0.05) is 6.42 Å². The highest BCUT2D eigenvalue weighted by Crippen LogP contribution is 2.07. The van der Waals surface area contributed by atoms with Crippen LogP contribution < -0.4 is 0 Å². The van der Waals surface area contributed by atoms with Crippen molar-refractivity contribution in [3.63, 3.8) is 0 Å². The van der Waals surface area contributed by atoms with E-state index in [1.165, 1.54) is 44.9 Å². The largest absolute Gasteiger partial charge is 0.481 e. The van der Waals surface area contributed by atoms with Crippen molar-refractivity contribution in [2.75, 3.05) is 0 Å². The molecule has 0 spiro atoms. The third kappa shape index (κ3) is 16.9. The topological polar surface area (TPSA) is 37.3 Å². The van der Waals surface area contributed by atoms with Crippen molar-refractivity contribution in [2.24, 2.45) is 0 Å². The maximum Gasteiger partial charge on any atom is 0.303 e. The van der Waals surface area contributed by atoms with Crippen LogP contribution in [-0.2, 0) is 4.79 Å². The van der Waals surface area contributed by atoms with Crippen molar-refractivity contribution in [3.8, 4) is 0 Å². The molecule has 0 saturated heterocycles. The van der Waals surface area contributed by atoms with Gasteiger partial charge in [0.15, 0.2) is 0 Å². The fourth-order valence-corrected chi connectivity index (χ4v) is 2.11. The molecule has 0 aliphatic rings. The molecule has 0 unspecified atom stereocenters. The predicted molar refractivity (Wildman–Crippen MR) is 87.0 cm³/mol. The van der Waals surface area contributed by atoms with Crippen LogP contribution in [0.3, 0.4) is 0 Å². The van der Waals surface area contributed by atoms with Crippen LogP contribution in [0, 0.1) is 0 Å². The van der Waals surface area contributed by atoms with Gasteiger partial charge in [-0.1, -0.05) is 69.8 Å². The van der Waals surface area contributed by atoms with E-state index < -0.39 is 5.97 Å². The SMILES string of the molecule is CCCCCCCC/C=C\C=C/CCCCCC(=O)O. The first kappa shape index (κ1) is 18.9. The molecule has 0 heterocycles. The molecule has 0 aromatic carbocycles. The second-order valence-electron chi connectivity index (χ2n) is 5.41. The van der Waals surface area contributed by atoms with E-state index in [2.05, 4.69) is 31.2 Å². The molecule has 2 nitrogen and oxygen atoms in total. The molecule has 0 fully saturated rings. The van der Waals surface area contributed by atoms with Crippen LogP contribution in [0.2, 0.25) is 0 Å². The molecule has 116 valence electrons. The summed E-state index contributed by atoms with van der Waals surface area (Å²) in [7, 11) is 0. The number of allylic oxidation sites excluding steroid dienone is 4. The third-order valence-electron chi connectivity index (χ3n) is 3.37. The summed E-state index contributed by atoms with van der Waals surface area (Å²) in [6.45, 7) is 2.25. The lowest BCUT2D eigenvalue weighted by Gasteiger charge is -1.97. The van der Waals surface area contributed by atoms with Gasteiger partial charge in [0.05, 0.1) is 0 Å². The van der Waals surface area contributed by atoms with E-state index in [1.807, 2.05) is 0 Å². The fraction of sp³-hybridized carbons (Fsp3) is 0.722. The van der Waals surface area contributed by atoms with Crippen LogP contribution in [0.4, 0.5) is 0 Å². The highest BCUT2D eigenvalue weighted by molar-refractivity contribution is 5.66. The molecular formula is C18H32O2. The minimum Gasteiger partial charge on any atom is -0.481 e. The zero-order valence-corrected chi connectivity index (χ0v) is 13.2. The molecule has 0 bridgehead atoms. The molecule has 2 heteroatoms. The Morgan fingerprint density at radius 3 is 1.85 bits per heavy atom. The molecule has 0 saturated carbocycles. The summed E-state index contributed by atoms with van der Waals surface area (Å²) in [5.41, 5.74) is 0. The van der Waals surface area contributed by atoms with Crippen LogP contribution in [0.1, 0.15) is 84.0 Å². The van der Waals surface area contributed by atoms with Crippen molar-refractivity contribution >= 4 is 5.97 Å². The second kappa shape index (κ2) is 16.0. The molecule has 0 atom stereocenters. The van der Waals surface area contributed by atoms with E-state index in [4.69, 9.17) is 5.11 Å². The molecule has 0 amide bonds. The Morgan fingerprint density at radius 1 is 0.800 bits per heavy atom. The van der Waals surface area contributed by atoms with Crippen LogP contribution in [0.25, 0.3) is 0 Å². The van der Waals surface area contributed by atoms with Crippen LogP contribution in [0.15, 0.2) is 24.3 Å². The van der Waals surface area contributed by atoms with Gasteiger partial charge in [-0.05, 0) is 32.1 Å². The highest BCUT2D eigenvalue weighted by Gasteiger charge is 1.94. The lowest BCUT2D eigenvalue weighted by Crippen LogP contribution is -1.93. The van der Waals surface area contributed by atoms with Gasteiger partial charge in [0.2, 0.25) is 0 Å². The highest BCUT2D eigenvalue weighted by atomic mass is 16.4. The fourth-order valence-electron chi connectivity index (χ4n) is 2.11. The molecule has 0 aliphatic carbocycles. The zero-order valence-electron chi connectivity index (χ0n) is 13.2. The van der Waals surface area contributed by atoms with Crippen molar-refractivity contribution in [3.05, 3.63) is 24.3 Å². The van der Waals surface area contributed by atoms with Crippen LogP contribution in [0.5, 0.6) is 0 Å². The number of rotatable bonds is 14. The van der Waals surface area contributed by atoms with E-state index in [-0.39, 0.29) is 0 Å². The molecule has 1 N–H and O–H groups in total. The molecule has 0 aliphatic heterocycles. The Kier molecular flexibility index (Phi) is 15.2. The molecule has 0 rings (SSSR count). The number of hydrogen-bond acceptors (Lipinski definition) is 1. The number of carbonyl (C=O) groups is 1. The van der Waals surface area contributed by atoms with Gasteiger partial charge >= 0.3 is 5.97 Å². The first-order chi connectivity index (χ1) is 9.77. The van der Waals surface area contributed by atoms with E-state index in [0.717, 1.165) is 25.7 Å². The summed E-state index contributed by atoms with van der Waals surface area (Å²) in [4.78, 5) is 10.3. The number of unbranched alkanes of at least 4 members (excludes halogenated alkanes) is 9. The Labute approximate surface area is 125 Å². The van der Waals surface area contributed by atoms with Gasteiger partial charge in [-0.25, -0.2) is 0 Å². The summed E-state index contributed by atoms with van der Waals surface area (Å²) in [6, 6.07) is 0. The van der Waals surface area contributed by atoms with Gasteiger partial charge in [0.1, 0.15) is 0 Å². The number of aliphatic carboxylic acids is 1. The molecule has 0 aromatic heterocycles. The van der Waals surface area contributed by atoms with Crippen molar-refractivity contribution in [1.29, 1.82) is 0 Å². The van der Waals surface area contributed by atoms with Crippen LogP contribution >= 0.6 is 0 Å². The summed E-state index contributed by atoms with van der Waals surface area (Å²) in [5.74, 6) is -0.682. The first-order valence-electron chi connectivity index (χ1n) is 8.30. The monoisotopic (exact) mass is 280 g/mol. The van der Waals surface area contributed by atoms with Crippen molar-refractivity contribution in [1.82, 2.24) is 0 Å². The summed E-state index contributed by atoms with van der Waals surface area (Å²) in [6.07, 6.45) is 22.3. The average molecular weight is 280 g/mol. The average Bonchev–Trinajstić information content (AvgIpc) is 2.43. The van der Waals surface area contributed by atoms with Crippen molar-refractivity contribution < 1.29 is 9.90 Å². The Hall–Kier alpha value is -1.05. The van der Waals surface area contributed by atoms with E-state index >= 15 is 0 Å². The lowest BCUT2D eigenvalue weighted by atomic mass is 10.1. The van der Waals surface area contributed by atoms with Crippen LogP contribution in [-0.4, -0.2) is 11.1 Å². The smallest absolute Gasteiger partial charge is 0.303 e. The molecule has 20 heavy (non-hydrogen) atoms. The summed E-state index contributed by atoms with van der Waals surface area (Å²) >= 11 is 0.